The van der Waals surface area contributed by atoms with Crippen molar-refractivity contribution < 1.29 is 14.3 Å². The Kier molecular flexibility index (Phi) is 3.83. The van der Waals surface area contributed by atoms with E-state index in [1.807, 2.05) is 49.6 Å². The maximum absolute atomic E-state index is 11.6. The van der Waals surface area contributed by atoms with Gasteiger partial charge in [0.05, 0.1) is 19.3 Å². The first kappa shape index (κ1) is 14.2. The summed E-state index contributed by atoms with van der Waals surface area (Å²) in [5, 5.41) is 2.68. The second-order valence-corrected chi connectivity index (χ2v) is 5.38. The van der Waals surface area contributed by atoms with Crippen LogP contribution in [-0.4, -0.2) is 28.2 Å². The summed E-state index contributed by atoms with van der Waals surface area (Å²) in [6, 6.07) is 5.59. The molecule has 108 valence electrons. The van der Waals surface area contributed by atoms with Gasteiger partial charge in [-0.1, -0.05) is 6.07 Å². The molecule has 2 aromatic rings. The van der Waals surface area contributed by atoms with E-state index in [1.54, 1.807) is 7.11 Å². The van der Waals surface area contributed by atoms with Crippen LogP contribution >= 0.6 is 0 Å². The smallest absolute Gasteiger partial charge is 0.407 e. The topological polar surface area (TPSA) is 64.9 Å². The quantitative estimate of drug-likeness (QED) is 0.935. The molecule has 0 aromatic carbocycles. The standard InChI is InChI=1S/C14H19N3O3/c1-14(2,3)20-13(18)15-8-10-9-17-11(16-10)6-5-7-12(17)19-4/h5-7,9H,8H2,1-4H3,(H,15,18). The minimum atomic E-state index is -0.508. The number of imidazole rings is 1. The molecule has 0 fully saturated rings. The zero-order valence-corrected chi connectivity index (χ0v) is 12.1. The molecule has 2 rings (SSSR count). The molecule has 0 aliphatic carbocycles. The van der Waals surface area contributed by atoms with Crippen LogP contribution in [0, 0.1) is 0 Å². The number of amides is 1. The molecule has 0 aliphatic rings. The Morgan fingerprint density at radius 1 is 1.40 bits per heavy atom. The van der Waals surface area contributed by atoms with E-state index in [-0.39, 0.29) is 0 Å². The average Bonchev–Trinajstić information content (AvgIpc) is 2.76. The number of methoxy groups -OCH3 is 1. The summed E-state index contributed by atoms with van der Waals surface area (Å²) < 4.78 is 12.2. The minimum Gasteiger partial charge on any atom is -0.482 e. The van der Waals surface area contributed by atoms with Gasteiger partial charge in [0.1, 0.15) is 11.2 Å². The Balaban J connectivity index is 2.06. The predicted molar refractivity (Wildman–Crippen MR) is 74.8 cm³/mol. The highest BCUT2D eigenvalue weighted by Gasteiger charge is 2.16. The Morgan fingerprint density at radius 2 is 2.15 bits per heavy atom. The summed E-state index contributed by atoms with van der Waals surface area (Å²) in [6.07, 6.45) is 1.37. The van der Waals surface area contributed by atoms with E-state index >= 15 is 0 Å². The van der Waals surface area contributed by atoms with Gasteiger partial charge < -0.3 is 14.8 Å². The molecule has 0 bridgehead atoms. The van der Waals surface area contributed by atoms with Crippen molar-refractivity contribution in [3.05, 3.63) is 30.1 Å². The number of hydrogen-bond donors (Lipinski definition) is 1. The molecule has 2 aromatic heterocycles. The van der Waals surface area contributed by atoms with Crippen molar-refractivity contribution in [2.24, 2.45) is 0 Å². The van der Waals surface area contributed by atoms with Crippen LogP contribution in [-0.2, 0) is 11.3 Å². The number of pyridine rings is 1. The molecule has 0 atom stereocenters. The van der Waals surface area contributed by atoms with Gasteiger partial charge >= 0.3 is 6.09 Å². The van der Waals surface area contributed by atoms with Crippen molar-refractivity contribution in [1.82, 2.24) is 14.7 Å². The molecule has 2 heterocycles. The number of aromatic nitrogens is 2. The van der Waals surface area contributed by atoms with Gasteiger partial charge in [-0.05, 0) is 32.9 Å². The molecule has 6 nitrogen and oxygen atoms in total. The van der Waals surface area contributed by atoms with Crippen LogP contribution in [0.15, 0.2) is 24.4 Å². The number of nitrogens with one attached hydrogen (secondary N) is 1. The largest absolute Gasteiger partial charge is 0.482 e. The maximum Gasteiger partial charge on any atom is 0.407 e. The fraction of sp³-hybridized carbons (Fsp3) is 0.429. The molecule has 0 radical (unpaired) electrons. The number of fused-ring (bicyclic) bond motifs is 1. The predicted octanol–water partition coefficient (Wildman–Crippen LogP) is 2.37. The van der Waals surface area contributed by atoms with Crippen LogP contribution in [0.4, 0.5) is 4.79 Å². The van der Waals surface area contributed by atoms with Gasteiger partial charge in [0.25, 0.3) is 0 Å². The summed E-state index contributed by atoms with van der Waals surface area (Å²) in [4.78, 5) is 16.0. The number of ether oxygens (including phenoxy) is 2. The SMILES string of the molecule is COc1cccc2nc(CNC(=O)OC(C)(C)C)cn12. The van der Waals surface area contributed by atoms with E-state index in [2.05, 4.69) is 10.3 Å². The molecule has 0 spiro atoms. The van der Waals surface area contributed by atoms with E-state index in [0.29, 0.717) is 12.4 Å². The first-order valence-electron chi connectivity index (χ1n) is 6.37. The van der Waals surface area contributed by atoms with E-state index in [1.165, 1.54) is 0 Å². The molecule has 0 aliphatic heterocycles. The second-order valence-electron chi connectivity index (χ2n) is 5.38. The molecule has 20 heavy (non-hydrogen) atoms. The number of nitrogens with zero attached hydrogens (tertiary/aromatic N) is 2. The summed E-state index contributed by atoms with van der Waals surface area (Å²) in [5.41, 5.74) is 0.998. The fourth-order valence-electron chi connectivity index (χ4n) is 1.76. The first-order chi connectivity index (χ1) is 9.39. The lowest BCUT2D eigenvalue weighted by molar-refractivity contribution is 0.0523. The lowest BCUT2D eigenvalue weighted by Gasteiger charge is -2.19. The maximum atomic E-state index is 11.6. The van der Waals surface area contributed by atoms with Crippen LogP contribution in [0.2, 0.25) is 0 Å². The van der Waals surface area contributed by atoms with Crippen molar-refractivity contribution in [2.75, 3.05) is 7.11 Å². The number of hydrogen-bond acceptors (Lipinski definition) is 4. The van der Waals surface area contributed by atoms with E-state index in [9.17, 15) is 4.79 Å². The number of carbonyl (C=O) groups excluding carboxylic acids is 1. The lowest BCUT2D eigenvalue weighted by Crippen LogP contribution is -2.32. The van der Waals surface area contributed by atoms with Crippen molar-refractivity contribution >= 4 is 11.7 Å². The minimum absolute atomic E-state index is 0.305. The van der Waals surface area contributed by atoms with Crippen LogP contribution < -0.4 is 10.1 Å². The Hall–Kier alpha value is -2.24. The highest BCUT2D eigenvalue weighted by atomic mass is 16.6. The molecule has 1 amide bonds. The zero-order valence-electron chi connectivity index (χ0n) is 12.1. The van der Waals surface area contributed by atoms with E-state index < -0.39 is 11.7 Å². The van der Waals surface area contributed by atoms with Gasteiger partial charge in [-0.3, -0.25) is 4.40 Å². The Morgan fingerprint density at radius 3 is 2.80 bits per heavy atom. The highest BCUT2D eigenvalue weighted by Crippen LogP contribution is 2.15. The fourth-order valence-corrected chi connectivity index (χ4v) is 1.76. The highest BCUT2D eigenvalue weighted by molar-refractivity contribution is 5.67. The number of rotatable bonds is 3. The molecule has 0 saturated carbocycles. The van der Waals surface area contributed by atoms with Gasteiger partial charge in [-0.2, -0.15) is 0 Å². The normalized spacial score (nSPS) is 11.4. The molecule has 1 N–H and O–H groups in total. The zero-order chi connectivity index (χ0) is 14.8. The third kappa shape index (κ3) is 3.40. The van der Waals surface area contributed by atoms with Crippen LogP contribution in [0.1, 0.15) is 26.5 Å². The third-order valence-corrected chi connectivity index (χ3v) is 2.53. The number of alkyl carbamates (subject to hydrolysis) is 1. The summed E-state index contributed by atoms with van der Waals surface area (Å²) in [7, 11) is 1.60. The molecular formula is C14H19N3O3. The van der Waals surface area contributed by atoms with Crippen molar-refractivity contribution in [2.45, 2.75) is 32.9 Å². The summed E-state index contributed by atoms with van der Waals surface area (Å²) in [5.74, 6) is 0.693. The van der Waals surface area contributed by atoms with Crippen LogP contribution in [0.5, 0.6) is 5.88 Å². The van der Waals surface area contributed by atoms with Crippen molar-refractivity contribution in [1.29, 1.82) is 0 Å². The Labute approximate surface area is 117 Å². The second kappa shape index (κ2) is 5.40. The van der Waals surface area contributed by atoms with Crippen molar-refractivity contribution in [3.8, 4) is 5.88 Å². The van der Waals surface area contributed by atoms with Crippen molar-refractivity contribution in [3.63, 3.8) is 0 Å². The molecule has 0 unspecified atom stereocenters. The van der Waals surface area contributed by atoms with Gasteiger partial charge in [0, 0.05) is 6.20 Å². The molecule has 6 heteroatoms. The third-order valence-electron chi connectivity index (χ3n) is 2.53. The first-order valence-corrected chi connectivity index (χ1v) is 6.37. The summed E-state index contributed by atoms with van der Waals surface area (Å²) >= 11 is 0. The van der Waals surface area contributed by atoms with Crippen LogP contribution in [0.25, 0.3) is 5.65 Å². The molecular weight excluding hydrogens is 258 g/mol. The number of carbonyl (C=O) groups is 1. The average molecular weight is 277 g/mol. The van der Waals surface area contributed by atoms with Gasteiger partial charge in [-0.15, -0.1) is 0 Å². The summed E-state index contributed by atoms with van der Waals surface area (Å²) in [6.45, 7) is 5.77. The van der Waals surface area contributed by atoms with E-state index in [0.717, 1.165) is 11.3 Å². The van der Waals surface area contributed by atoms with Gasteiger partial charge in [0.2, 0.25) is 0 Å². The van der Waals surface area contributed by atoms with E-state index in [4.69, 9.17) is 9.47 Å². The van der Waals surface area contributed by atoms with Gasteiger partial charge in [-0.25, -0.2) is 9.78 Å². The monoisotopic (exact) mass is 277 g/mol. The van der Waals surface area contributed by atoms with Gasteiger partial charge in [0.15, 0.2) is 5.88 Å². The molecule has 0 saturated heterocycles. The Bertz CT molecular complexity index is 614. The lowest BCUT2D eigenvalue weighted by atomic mass is 10.2. The van der Waals surface area contributed by atoms with Crippen LogP contribution in [0.3, 0.4) is 0 Å².